The Hall–Kier alpha value is -2.34. The van der Waals surface area contributed by atoms with Gasteiger partial charge in [0.05, 0.1) is 11.7 Å². The second kappa shape index (κ2) is 6.65. The van der Waals surface area contributed by atoms with Crippen molar-refractivity contribution < 1.29 is 9.59 Å². The Kier molecular flexibility index (Phi) is 4.57. The molecule has 1 fully saturated rings. The summed E-state index contributed by atoms with van der Waals surface area (Å²) in [5.74, 6) is -1.18. The van der Waals surface area contributed by atoms with Gasteiger partial charge in [0.15, 0.2) is 0 Å². The number of benzene rings is 1. The molecule has 2 N–H and O–H groups in total. The van der Waals surface area contributed by atoms with Crippen molar-refractivity contribution in [1.82, 2.24) is 15.1 Å². The maximum atomic E-state index is 12.6. The Morgan fingerprint density at radius 3 is 2.83 bits per heavy atom. The summed E-state index contributed by atoms with van der Waals surface area (Å²) in [5.41, 5.74) is 3.32. The molecule has 126 valence electrons. The molecule has 2 aromatic rings. The van der Waals surface area contributed by atoms with Crippen molar-refractivity contribution in [3.05, 3.63) is 46.2 Å². The molecule has 1 atom stereocenters. The van der Waals surface area contributed by atoms with Gasteiger partial charge in [0, 0.05) is 28.5 Å². The number of amides is 2. The zero-order chi connectivity index (χ0) is 17.3. The molecule has 1 aromatic heterocycles. The fourth-order valence-electron chi connectivity index (χ4n) is 3.24. The van der Waals surface area contributed by atoms with Gasteiger partial charge >= 0.3 is 11.8 Å². The van der Waals surface area contributed by atoms with Gasteiger partial charge < -0.3 is 10.2 Å². The predicted octanol–water partition coefficient (Wildman–Crippen LogP) is 2.98. The number of likely N-dealkylation sites (tertiary alicyclic amines) is 1. The van der Waals surface area contributed by atoms with Crippen molar-refractivity contribution in [2.75, 3.05) is 11.9 Å². The topological polar surface area (TPSA) is 78.1 Å². The molecule has 0 bridgehead atoms. The smallest absolute Gasteiger partial charge is 0.313 e. The summed E-state index contributed by atoms with van der Waals surface area (Å²) in [5, 5.41) is 10.3. The van der Waals surface area contributed by atoms with E-state index in [9.17, 15) is 9.59 Å². The van der Waals surface area contributed by atoms with Crippen LogP contribution in [0.25, 0.3) is 0 Å². The zero-order valence-corrected chi connectivity index (χ0v) is 14.4. The highest BCUT2D eigenvalue weighted by Gasteiger charge is 2.35. The van der Waals surface area contributed by atoms with E-state index in [4.69, 9.17) is 11.6 Å². The summed E-state index contributed by atoms with van der Waals surface area (Å²) in [6, 6.07) is 6.63. The first-order chi connectivity index (χ1) is 11.5. The summed E-state index contributed by atoms with van der Waals surface area (Å²) in [7, 11) is 0. The van der Waals surface area contributed by atoms with E-state index in [-0.39, 0.29) is 6.04 Å². The summed E-state index contributed by atoms with van der Waals surface area (Å²) < 4.78 is 0. The number of hydrogen-bond acceptors (Lipinski definition) is 3. The Labute approximate surface area is 145 Å². The molecule has 0 unspecified atom stereocenters. The molecule has 1 aromatic carbocycles. The van der Waals surface area contributed by atoms with Crippen molar-refractivity contribution in [3.63, 3.8) is 0 Å². The van der Waals surface area contributed by atoms with E-state index < -0.39 is 11.8 Å². The number of aromatic amines is 1. The third kappa shape index (κ3) is 3.14. The van der Waals surface area contributed by atoms with Crippen LogP contribution in [-0.4, -0.2) is 33.5 Å². The highest BCUT2D eigenvalue weighted by atomic mass is 35.5. The van der Waals surface area contributed by atoms with Gasteiger partial charge in [-0.05, 0) is 44.9 Å². The fraction of sp³-hybridized carbons (Fsp3) is 0.353. The number of aromatic nitrogens is 2. The number of anilines is 1. The Morgan fingerprint density at radius 2 is 2.17 bits per heavy atom. The fourth-order valence-corrected chi connectivity index (χ4v) is 3.43. The van der Waals surface area contributed by atoms with E-state index in [0.29, 0.717) is 17.3 Å². The van der Waals surface area contributed by atoms with Gasteiger partial charge in [-0.15, -0.1) is 0 Å². The van der Waals surface area contributed by atoms with E-state index in [1.807, 2.05) is 13.8 Å². The van der Waals surface area contributed by atoms with E-state index in [2.05, 4.69) is 15.5 Å². The van der Waals surface area contributed by atoms with E-state index in [0.717, 1.165) is 29.8 Å². The maximum Gasteiger partial charge on any atom is 0.313 e. The molecule has 0 spiro atoms. The molecule has 1 aliphatic rings. The first kappa shape index (κ1) is 16.5. The monoisotopic (exact) mass is 346 g/mol. The maximum absolute atomic E-state index is 12.6. The zero-order valence-electron chi connectivity index (χ0n) is 13.6. The van der Waals surface area contributed by atoms with E-state index in [1.165, 1.54) is 0 Å². The molecule has 6 nitrogen and oxygen atoms in total. The highest BCUT2D eigenvalue weighted by molar-refractivity contribution is 6.39. The second-order valence-electron chi connectivity index (χ2n) is 5.97. The largest absolute Gasteiger partial charge is 0.327 e. The minimum absolute atomic E-state index is 0.110. The lowest BCUT2D eigenvalue weighted by Crippen LogP contribution is -2.39. The lowest BCUT2D eigenvalue weighted by molar-refractivity contribution is -0.143. The van der Waals surface area contributed by atoms with Crippen molar-refractivity contribution in [1.29, 1.82) is 0 Å². The Morgan fingerprint density at radius 1 is 1.38 bits per heavy atom. The van der Waals surface area contributed by atoms with Crippen LogP contribution in [0, 0.1) is 13.8 Å². The lowest BCUT2D eigenvalue weighted by atomic mass is 10.0. The lowest BCUT2D eigenvalue weighted by Gasteiger charge is -2.24. The molecular formula is C17H19ClN4O2. The number of carbonyl (C=O) groups excluding carboxylic acids is 2. The van der Waals surface area contributed by atoms with Crippen molar-refractivity contribution in [2.24, 2.45) is 0 Å². The van der Waals surface area contributed by atoms with Gasteiger partial charge in [-0.25, -0.2) is 0 Å². The van der Waals surface area contributed by atoms with Crippen molar-refractivity contribution >= 4 is 29.1 Å². The van der Waals surface area contributed by atoms with Gasteiger partial charge in [-0.2, -0.15) is 5.10 Å². The van der Waals surface area contributed by atoms with E-state index in [1.54, 1.807) is 29.2 Å². The predicted molar refractivity (Wildman–Crippen MR) is 91.8 cm³/mol. The summed E-state index contributed by atoms with van der Waals surface area (Å²) in [4.78, 5) is 26.6. The van der Waals surface area contributed by atoms with Crippen LogP contribution in [-0.2, 0) is 9.59 Å². The van der Waals surface area contributed by atoms with Gasteiger partial charge in [0.1, 0.15) is 0 Å². The molecule has 1 saturated heterocycles. The molecule has 0 aliphatic carbocycles. The van der Waals surface area contributed by atoms with Crippen LogP contribution in [0.3, 0.4) is 0 Å². The van der Waals surface area contributed by atoms with Crippen LogP contribution in [0.5, 0.6) is 0 Å². The van der Waals surface area contributed by atoms with Crippen LogP contribution in [0.2, 0.25) is 5.02 Å². The first-order valence-corrected chi connectivity index (χ1v) is 8.24. The van der Waals surface area contributed by atoms with Gasteiger partial charge in [0.25, 0.3) is 0 Å². The van der Waals surface area contributed by atoms with Crippen molar-refractivity contribution in [3.8, 4) is 0 Å². The minimum Gasteiger partial charge on any atom is -0.327 e. The number of carbonyl (C=O) groups is 2. The van der Waals surface area contributed by atoms with Gasteiger partial charge in [-0.1, -0.05) is 17.7 Å². The third-order valence-corrected chi connectivity index (χ3v) is 4.54. The normalized spacial score (nSPS) is 17.1. The average molecular weight is 347 g/mol. The molecule has 0 saturated carbocycles. The number of nitrogens with zero attached hydrogens (tertiary/aromatic N) is 2. The van der Waals surface area contributed by atoms with E-state index >= 15 is 0 Å². The molecule has 24 heavy (non-hydrogen) atoms. The standard InChI is InChI=1S/C17H19ClN4O2/c1-10-15(11(2)21-20-10)14-7-4-8-22(14)17(24)16(23)19-13-6-3-5-12(18)9-13/h3,5-6,9,14H,4,7-8H2,1-2H3,(H,19,23)(H,20,21)/t14-/m0/s1. The number of aryl methyl sites for hydroxylation is 2. The molecular weight excluding hydrogens is 328 g/mol. The number of halogens is 1. The summed E-state index contributed by atoms with van der Waals surface area (Å²) in [6.45, 7) is 4.41. The third-order valence-electron chi connectivity index (χ3n) is 4.31. The number of rotatable bonds is 2. The van der Waals surface area contributed by atoms with Crippen LogP contribution in [0.15, 0.2) is 24.3 Å². The quantitative estimate of drug-likeness (QED) is 0.820. The molecule has 1 aliphatic heterocycles. The number of hydrogen-bond donors (Lipinski definition) is 2. The van der Waals surface area contributed by atoms with Crippen LogP contribution in [0.4, 0.5) is 5.69 Å². The Balaban J connectivity index is 1.77. The molecule has 2 heterocycles. The molecule has 2 amide bonds. The molecule has 3 rings (SSSR count). The average Bonchev–Trinajstić information content (AvgIpc) is 3.13. The minimum atomic E-state index is -0.650. The second-order valence-corrected chi connectivity index (χ2v) is 6.41. The van der Waals surface area contributed by atoms with Crippen LogP contribution in [0.1, 0.15) is 35.8 Å². The van der Waals surface area contributed by atoms with Gasteiger partial charge in [-0.3, -0.25) is 14.7 Å². The summed E-state index contributed by atoms with van der Waals surface area (Å²) >= 11 is 5.90. The Bertz CT molecular complexity index is 767. The van der Waals surface area contributed by atoms with Crippen LogP contribution < -0.4 is 5.32 Å². The number of H-pyrrole nitrogens is 1. The SMILES string of the molecule is Cc1n[nH]c(C)c1[C@@H]1CCCN1C(=O)C(=O)Nc1cccc(Cl)c1. The molecule has 0 radical (unpaired) electrons. The van der Waals surface area contributed by atoms with Crippen molar-refractivity contribution in [2.45, 2.75) is 32.7 Å². The first-order valence-electron chi connectivity index (χ1n) is 7.86. The van der Waals surface area contributed by atoms with Crippen LogP contribution >= 0.6 is 11.6 Å². The number of nitrogens with one attached hydrogen (secondary N) is 2. The van der Waals surface area contributed by atoms with Gasteiger partial charge in [0.2, 0.25) is 0 Å². The highest BCUT2D eigenvalue weighted by Crippen LogP contribution is 2.34. The molecule has 7 heteroatoms. The summed E-state index contributed by atoms with van der Waals surface area (Å²) in [6.07, 6.45) is 1.70.